The molecule has 0 aromatic heterocycles. The first-order valence-corrected chi connectivity index (χ1v) is 28.2. The first-order valence-electron chi connectivity index (χ1n) is 28.2. The lowest BCUT2D eigenvalue weighted by Crippen LogP contribution is -2.69. The molecule has 0 amide bonds. The standard InChI is InChI=1S/C48H82O41/c49-1-9-18(58)26(66)34(41(74)75-9)83-43-36(28(68)20(60)11(3-51)77-43)85-45-38(30(70)22(62)13(5-53)79-45)87-47-40(32(72)24(64)15(7-55)81-47)89-48-39(31(71)23(63)16(8-56)82-48)88-46-37(29(69)21(61)14(6-54)80-46)86-44-35(27(67)19(59)12(4-52)78-44)84-42-33(73)25(65)17(57)10(2-50)76-42/h9-74H,1-8H2/t9-,10-,11-,12-,13-,14-,15-,16-,17-,18-,19-,20-,21-,22-,23-,24-,25+,26+,27+,28+,29+,30+,31+,32+,33-,34-,35-,36-,37-,38-,39-,40-,41?,42+,43+,44+,45+,46+,47+,48+/m1/s1. The molecule has 40 atom stereocenters. The molecule has 26 N–H and O–H groups in total. The molecule has 8 heterocycles. The molecule has 0 bridgehead atoms. The van der Waals surface area contributed by atoms with Crippen molar-refractivity contribution in [3.05, 3.63) is 0 Å². The van der Waals surface area contributed by atoms with Gasteiger partial charge in [-0.3, -0.25) is 0 Å². The Balaban J connectivity index is 1.10. The quantitative estimate of drug-likeness (QED) is 0.0479. The summed E-state index contributed by atoms with van der Waals surface area (Å²) in [6.07, 6.45) is -85.2. The number of aliphatic hydroxyl groups excluding tert-OH is 26. The van der Waals surface area contributed by atoms with Gasteiger partial charge in [0.05, 0.1) is 52.9 Å². The first kappa shape index (κ1) is 73.2. The largest absolute Gasteiger partial charge is 0.394 e. The molecule has 0 aliphatic carbocycles. The third-order valence-corrected chi connectivity index (χ3v) is 16.7. The third-order valence-electron chi connectivity index (χ3n) is 16.7. The van der Waals surface area contributed by atoms with Gasteiger partial charge in [0.1, 0.15) is 195 Å². The van der Waals surface area contributed by atoms with Crippen molar-refractivity contribution in [1.29, 1.82) is 0 Å². The Bertz CT molecular complexity index is 2130. The van der Waals surface area contributed by atoms with Crippen molar-refractivity contribution in [2.75, 3.05) is 52.9 Å². The van der Waals surface area contributed by atoms with E-state index in [1.165, 1.54) is 0 Å². The maximum Gasteiger partial charge on any atom is 0.187 e. The van der Waals surface area contributed by atoms with Gasteiger partial charge in [-0.15, -0.1) is 0 Å². The predicted octanol–water partition coefficient (Wildman–Crippen LogP) is -18.5. The van der Waals surface area contributed by atoms with E-state index in [-0.39, 0.29) is 0 Å². The van der Waals surface area contributed by atoms with Crippen molar-refractivity contribution in [2.24, 2.45) is 0 Å². The van der Waals surface area contributed by atoms with Crippen molar-refractivity contribution in [3.63, 3.8) is 0 Å². The van der Waals surface area contributed by atoms with E-state index in [1.54, 1.807) is 0 Å². The lowest BCUT2D eigenvalue weighted by molar-refractivity contribution is -0.422. The second-order valence-corrected chi connectivity index (χ2v) is 22.4. The zero-order valence-electron chi connectivity index (χ0n) is 46.5. The lowest BCUT2D eigenvalue weighted by Gasteiger charge is -2.51. The minimum atomic E-state index is -2.40. The lowest BCUT2D eigenvalue weighted by atomic mass is 9.95. The Morgan fingerprint density at radius 2 is 0.326 bits per heavy atom. The van der Waals surface area contributed by atoms with Gasteiger partial charge in [-0.2, -0.15) is 0 Å². The molecule has 0 saturated carbocycles. The van der Waals surface area contributed by atoms with Crippen molar-refractivity contribution in [1.82, 2.24) is 0 Å². The molecule has 1 unspecified atom stereocenters. The molecule has 41 nitrogen and oxygen atoms in total. The molecule has 41 heteroatoms. The zero-order chi connectivity index (χ0) is 65.4. The van der Waals surface area contributed by atoms with Crippen LogP contribution >= 0.6 is 0 Å². The predicted molar refractivity (Wildman–Crippen MR) is 264 cm³/mol. The van der Waals surface area contributed by atoms with Gasteiger partial charge in [0.2, 0.25) is 0 Å². The maximum atomic E-state index is 11.8. The summed E-state index contributed by atoms with van der Waals surface area (Å²) in [5.41, 5.74) is 0. The molecule has 8 aliphatic heterocycles. The molecule has 8 saturated heterocycles. The fraction of sp³-hybridized carbons (Fsp3) is 1.00. The summed E-state index contributed by atoms with van der Waals surface area (Å²) in [5, 5.41) is 281. The fourth-order valence-electron chi connectivity index (χ4n) is 11.3. The topological polar surface area (TPSA) is 664 Å². The van der Waals surface area contributed by atoms with Gasteiger partial charge in [0.15, 0.2) is 50.3 Å². The Hall–Kier alpha value is -1.64. The Labute approximate surface area is 501 Å². The average molecular weight is 1320 g/mol. The van der Waals surface area contributed by atoms with Crippen molar-refractivity contribution in [2.45, 2.75) is 246 Å². The van der Waals surface area contributed by atoms with E-state index >= 15 is 0 Å². The minimum Gasteiger partial charge on any atom is -0.394 e. The molecular weight excluding hydrogens is 1230 g/mol. The summed E-state index contributed by atoms with van der Waals surface area (Å²) in [6, 6.07) is 0. The van der Waals surface area contributed by atoms with Crippen LogP contribution in [0, 0.1) is 0 Å². The maximum absolute atomic E-state index is 11.8. The van der Waals surface area contributed by atoms with E-state index in [0.29, 0.717) is 0 Å². The highest BCUT2D eigenvalue weighted by molar-refractivity contribution is 5.02. The van der Waals surface area contributed by atoms with E-state index in [2.05, 4.69) is 0 Å². The molecule has 89 heavy (non-hydrogen) atoms. The number of rotatable bonds is 22. The van der Waals surface area contributed by atoms with Crippen LogP contribution in [0.25, 0.3) is 0 Å². The summed E-state index contributed by atoms with van der Waals surface area (Å²) < 4.78 is 86.5. The Morgan fingerprint density at radius 3 is 0.539 bits per heavy atom. The molecule has 0 aromatic carbocycles. The van der Waals surface area contributed by atoms with Crippen molar-refractivity contribution >= 4 is 0 Å². The van der Waals surface area contributed by atoms with Gasteiger partial charge in [-0.05, 0) is 0 Å². The number of hydrogen-bond donors (Lipinski definition) is 26. The second kappa shape index (κ2) is 31.5. The van der Waals surface area contributed by atoms with Crippen LogP contribution in [-0.4, -0.2) is 431 Å². The highest BCUT2D eigenvalue weighted by atomic mass is 16.8. The summed E-state index contributed by atoms with van der Waals surface area (Å²) in [4.78, 5) is 0. The van der Waals surface area contributed by atoms with Gasteiger partial charge >= 0.3 is 0 Å². The van der Waals surface area contributed by atoms with E-state index in [9.17, 15) is 133 Å². The highest BCUT2D eigenvalue weighted by Gasteiger charge is 2.60. The van der Waals surface area contributed by atoms with E-state index in [1.807, 2.05) is 0 Å². The first-order chi connectivity index (χ1) is 42.2. The van der Waals surface area contributed by atoms with Crippen LogP contribution in [0.3, 0.4) is 0 Å². The molecule has 8 aliphatic rings. The van der Waals surface area contributed by atoms with E-state index < -0.39 is 299 Å². The Morgan fingerprint density at radius 1 is 0.169 bits per heavy atom. The Kier molecular flexibility index (Phi) is 25.9. The van der Waals surface area contributed by atoms with E-state index in [0.717, 1.165) is 0 Å². The van der Waals surface area contributed by atoms with Crippen molar-refractivity contribution < 1.29 is 204 Å². The fourth-order valence-corrected chi connectivity index (χ4v) is 11.3. The van der Waals surface area contributed by atoms with Gasteiger partial charge in [0, 0.05) is 0 Å². The number of hydrogen-bond acceptors (Lipinski definition) is 41. The summed E-state index contributed by atoms with van der Waals surface area (Å²) in [5.74, 6) is 0. The van der Waals surface area contributed by atoms with Crippen LogP contribution in [0.1, 0.15) is 0 Å². The summed E-state index contributed by atoms with van der Waals surface area (Å²) in [6.45, 7) is -8.53. The SMILES string of the molecule is OC[C@H]1O[C@@H](O[C@H]2[C@H](O[C@H]3[C@H](O[C@H]4[C@H](O[C@H]5[C@H](O[C@H]6[C@H](O[C@H]7[C@H](O[C@H]8C(O)O[C@H](CO)[C@@H](O)[C@@H]8O)O[C@H](CO)[C@@H](O)[C@@H]7O)O[C@H](CO)[C@@H](O)[C@@H]6O)O[C@H](CO)[C@@H](O)[C@@H]5O)O[C@H](CO)[C@@H](O)[C@@H]4O)O[C@H](CO)[C@@H](O)[C@@H]3O)O[C@H](CO)[C@@H](O)[C@@H]2O)[C@H](O)[C@@H](O)[C@@H]1O. The van der Waals surface area contributed by atoms with Gasteiger partial charge in [-0.25, -0.2) is 0 Å². The second-order valence-electron chi connectivity index (χ2n) is 22.4. The van der Waals surface area contributed by atoms with Gasteiger partial charge < -0.3 is 204 Å². The smallest absolute Gasteiger partial charge is 0.187 e. The van der Waals surface area contributed by atoms with Crippen LogP contribution in [0.2, 0.25) is 0 Å². The molecule has 0 spiro atoms. The molecule has 8 fully saturated rings. The summed E-state index contributed by atoms with van der Waals surface area (Å²) >= 11 is 0. The average Bonchev–Trinajstić information content (AvgIpc) is 1.22. The molecule has 0 aromatic rings. The normalized spacial score (nSPS) is 53.6. The van der Waals surface area contributed by atoms with Crippen LogP contribution in [-0.2, 0) is 71.1 Å². The molecular formula is C48H82O41. The van der Waals surface area contributed by atoms with Crippen LogP contribution in [0.15, 0.2) is 0 Å². The van der Waals surface area contributed by atoms with Crippen molar-refractivity contribution in [3.8, 4) is 0 Å². The third kappa shape index (κ3) is 15.0. The van der Waals surface area contributed by atoms with Crippen LogP contribution < -0.4 is 0 Å². The summed E-state index contributed by atoms with van der Waals surface area (Å²) in [7, 11) is 0. The van der Waals surface area contributed by atoms with Crippen LogP contribution in [0.5, 0.6) is 0 Å². The van der Waals surface area contributed by atoms with Crippen LogP contribution in [0.4, 0.5) is 0 Å². The molecule has 8 rings (SSSR count). The molecule has 520 valence electrons. The van der Waals surface area contributed by atoms with Gasteiger partial charge in [-0.1, -0.05) is 0 Å². The number of aliphatic hydroxyl groups is 26. The van der Waals surface area contributed by atoms with E-state index in [4.69, 9.17) is 71.1 Å². The zero-order valence-corrected chi connectivity index (χ0v) is 46.5. The minimum absolute atomic E-state index is 0.910. The van der Waals surface area contributed by atoms with Gasteiger partial charge in [0.25, 0.3) is 0 Å². The highest BCUT2D eigenvalue weighted by Crippen LogP contribution is 2.40. The number of ether oxygens (including phenoxy) is 15. The monoisotopic (exact) mass is 1310 g/mol. The molecule has 0 radical (unpaired) electrons.